The number of methoxy groups -OCH3 is 1. The van der Waals surface area contributed by atoms with E-state index in [0.29, 0.717) is 33.4 Å². The maximum absolute atomic E-state index is 13.0. The summed E-state index contributed by atoms with van der Waals surface area (Å²) in [6.45, 7) is 5.67. The minimum absolute atomic E-state index is 0.295. The van der Waals surface area contributed by atoms with Gasteiger partial charge < -0.3 is 10.1 Å². The van der Waals surface area contributed by atoms with Gasteiger partial charge in [-0.15, -0.1) is 0 Å². The quantitative estimate of drug-likeness (QED) is 0.490. The Morgan fingerprint density at radius 2 is 1.87 bits per heavy atom. The van der Waals surface area contributed by atoms with Crippen molar-refractivity contribution < 1.29 is 9.53 Å². The van der Waals surface area contributed by atoms with Crippen molar-refractivity contribution in [2.45, 2.75) is 20.8 Å². The number of carbonyl (C=O) groups excluding carboxylic acids is 1. The van der Waals surface area contributed by atoms with Crippen molar-refractivity contribution in [1.82, 2.24) is 14.6 Å². The van der Waals surface area contributed by atoms with Crippen molar-refractivity contribution in [3.63, 3.8) is 0 Å². The summed E-state index contributed by atoms with van der Waals surface area (Å²) < 4.78 is 7.07. The fourth-order valence-electron chi connectivity index (χ4n) is 3.49. The number of halogens is 1. The fraction of sp³-hybridized carbons (Fsp3) is 0.174. The second-order valence-electron chi connectivity index (χ2n) is 7.07. The number of hydrogen-bond acceptors (Lipinski definition) is 4. The van der Waals surface area contributed by atoms with Gasteiger partial charge in [0.2, 0.25) is 0 Å². The molecule has 152 valence electrons. The lowest BCUT2D eigenvalue weighted by Crippen LogP contribution is -2.16. The van der Waals surface area contributed by atoms with E-state index < -0.39 is 0 Å². The third-order valence-electron chi connectivity index (χ3n) is 5.10. The molecule has 0 aliphatic carbocycles. The number of nitrogens with one attached hydrogen (secondary N) is 1. The molecule has 2 aromatic heterocycles. The highest BCUT2D eigenvalue weighted by molar-refractivity contribution is 6.31. The minimum atomic E-state index is -0.295. The molecule has 2 heterocycles. The van der Waals surface area contributed by atoms with Gasteiger partial charge in [0.05, 0.1) is 29.7 Å². The van der Waals surface area contributed by atoms with E-state index in [1.807, 2.05) is 51.1 Å². The number of ether oxygens (including phenoxy) is 1. The molecule has 0 spiro atoms. The molecule has 0 atom stereocenters. The zero-order chi connectivity index (χ0) is 21.4. The average Bonchev–Trinajstić information content (AvgIpc) is 3.08. The Labute approximate surface area is 179 Å². The average molecular weight is 421 g/mol. The number of hydrogen-bond donors (Lipinski definition) is 1. The minimum Gasteiger partial charge on any atom is -0.495 e. The zero-order valence-electron chi connectivity index (χ0n) is 17.2. The maximum atomic E-state index is 13.0. The Morgan fingerprint density at radius 1 is 1.13 bits per heavy atom. The fourth-order valence-corrected chi connectivity index (χ4v) is 3.64. The van der Waals surface area contributed by atoms with Gasteiger partial charge in [-0.3, -0.25) is 4.79 Å². The summed E-state index contributed by atoms with van der Waals surface area (Å²) in [6, 6.07) is 13.4. The number of fused-ring (bicyclic) bond motifs is 1. The monoisotopic (exact) mass is 420 g/mol. The van der Waals surface area contributed by atoms with Gasteiger partial charge in [0.15, 0.2) is 5.65 Å². The van der Waals surface area contributed by atoms with Gasteiger partial charge in [0.25, 0.3) is 5.91 Å². The van der Waals surface area contributed by atoms with E-state index >= 15 is 0 Å². The molecule has 6 nitrogen and oxygen atoms in total. The molecular formula is C23H21ClN4O2. The van der Waals surface area contributed by atoms with Crippen LogP contribution in [-0.2, 0) is 0 Å². The standard InChI is InChI=1S/C23H21ClN4O2/c1-13-10-19(20(30-4)11-18(13)24)26-23(29)17-12-25-22-21(16-8-6-5-7-9-16)14(2)27-28(22)15(17)3/h5-12H,1-4H3,(H,26,29). The number of amides is 1. The molecule has 7 heteroatoms. The predicted molar refractivity (Wildman–Crippen MR) is 119 cm³/mol. The molecule has 1 amide bonds. The van der Waals surface area contributed by atoms with Crippen molar-refractivity contribution in [2.24, 2.45) is 0 Å². The van der Waals surface area contributed by atoms with Crippen LogP contribution >= 0.6 is 11.6 Å². The highest BCUT2D eigenvalue weighted by Gasteiger charge is 2.20. The Balaban J connectivity index is 1.75. The van der Waals surface area contributed by atoms with Crippen molar-refractivity contribution in [3.05, 3.63) is 76.2 Å². The van der Waals surface area contributed by atoms with Crippen LogP contribution in [0.15, 0.2) is 48.7 Å². The molecule has 2 aromatic carbocycles. The number of aryl methyl sites for hydroxylation is 3. The number of anilines is 1. The van der Waals surface area contributed by atoms with Crippen LogP contribution in [0.4, 0.5) is 5.69 Å². The van der Waals surface area contributed by atoms with E-state index in [1.165, 1.54) is 7.11 Å². The Morgan fingerprint density at radius 3 is 2.57 bits per heavy atom. The molecule has 1 N–H and O–H groups in total. The van der Waals surface area contributed by atoms with Crippen molar-refractivity contribution in [2.75, 3.05) is 12.4 Å². The third-order valence-corrected chi connectivity index (χ3v) is 5.50. The SMILES string of the molecule is COc1cc(Cl)c(C)cc1NC(=O)c1cnc2c(-c3ccccc3)c(C)nn2c1C. The number of benzene rings is 2. The molecule has 4 aromatic rings. The van der Waals surface area contributed by atoms with Crippen molar-refractivity contribution in [1.29, 1.82) is 0 Å². The summed E-state index contributed by atoms with van der Waals surface area (Å²) in [5, 5.41) is 8.11. The first kappa shape index (κ1) is 19.9. The summed E-state index contributed by atoms with van der Waals surface area (Å²) in [5.41, 5.74) is 6.08. The van der Waals surface area contributed by atoms with Crippen LogP contribution in [0.25, 0.3) is 16.8 Å². The molecule has 0 aliphatic heterocycles. The maximum Gasteiger partial charge on any atom is 0.259 e. The first-order valence-electron chi connectivity index (χ1n) is 9.46. The molecule has 0 unspecified atom stereocenters. The third kappa shape index (κ3) is 3.39. The molecule has 4 rings (SSSR count). The number of rotatable bonds is 4. The highest BCUT2D eigenvalue weighted by atomic mass is 35.5. The number of aromatic nitrogens is 3. The van der Waals surface area contributed by atoms with E-state index in [-0.39, 0.29) is 5.91 Å². The molecule has 30 heavy (non-hydrogen) atoms. The Hall–Kier alpha value is -3.38. The van der Waals surface area contributed by atoms with Gasteiger partial charge in [-0.05, 0) is 38.0 Å². The zero-order valence-corrected chi connectivity index (χ0v) is 17.9. The Kier molecular flexibility index (Phi) is 5.18. The Bertz CT molecular complexity index is 1270. The summed E-state index contributed by atoms with van der Waals surface area (Å²) >= 11 is 6.16. The lowest BCUT2D eigenvalue weighted by atomic mass is 10.1. The van der Waals surface area contributed by atoms with E-state index in [4.69, 9.17) is 16.3 Å². The van der Waals surface area contributed by atoms with E-state index in [9.17, 15) is 4.79 Å². The van der Waals surface area contributed by atoms with Crippen LogP contribution in [0.5, 0.6) is 5.75 Å². The summed E-state index contributed by atoms with van der Waals surface area (Å²) in [4.78, 5) is 17.6. The highest BCUT2D eigenvalue weighted by Crippen LogP contribution is 2.32. The van der Waals surface area contributed by atoms with Crippen molar-refractivity contribution in [3.8, 4) is 16.9 Å². The smallest absolute Gasteiger partial charge is 0.259 e. The van der Waals surface area contributed by atoms with Gasteiger partial charge in [0.1, 0.15) is 5.75 Å². The molecule has 0 radical (unpaired) electrons. The van der Waals surface area contributed by atoms with Crippen LogP contribution in [0.2, 0.25) is 5.02 Å². The molecule has 0 fully saturated rings. The topological polar surface area (TPSA) is 68.5 Å². The van der Waals surface area contributed by atoms with Crippen LogP contribution in [0.1, 0.15) is 27.3 Å². The lowest BCUT2D eigenvalue weighted by Gasteiger charge is -2.13. The van der Waals surface area contributed by atoms with Crippen molar-refractivity contribution >= 4 is 28.8 Å². The molecular weight excluding hydrogens is 400 g/mol. The molecule has 0 saturated carbocycles. The normalized spacial score (nSPS) is 11.0. The largest absolute Gasteiger partial charge is 0.495 e. The summed E-state index contributed by atoms with van der Waals surface area (Å²) in [6.07, 6.45) is 1.59. The van der Waals surface area contributed by atoms with E-state index in [0.717, 1.165) is 22.4 Å². The molecule has 0 aliphatic rings. The van der Waals surface area contributed by atoms with Crippen LogP contribution in [-0.4, -0.2) is 27.6 Å². The van der Waals surface area contributed by atoms with E-state index in [2.05, 4.69) is 15.4 Å². The van der Waals surface area contributed by atoms with Gasteiger partial charge in [0, 0.05) is 22.8 Å². The second kappa shape index (κ2) is 7.80. The second-order valence-corrected chi connectivity index (χ2v) is 7.48. The molecule has 0 bridgehead atoms. The van der Waals surface area contributed by atoms with Gasteiger partial charge >= 0.3 is 0 Å². The molecule has 0 saturated heterocycles. The van der Waals surface area contributed by atoms with Gasteiger partial charge in [-0.25, -0.2) is 9.50 Å². The summed E-state index contributed by atoms with van der Waals surface area (Å²) in [7, 11) is 1.53. The van der Waals surface area contributed by atoms with E-state index in [1.54, 1.807) is 22.8 Å². The first-order valence-corrected chi connectivity index (χ1v) is 9.84. The van der Waals surface area contributed by atoms with Crippen LogP contribution in [0, 0.1) is 20.8 Å². The number of carbonyl (C=O) groups is 1. The van der Waals surface area contributed by atoms with Gasteiger partial charge in [-0.1, -0.05) is 41.9 Å². The lowest BCUT2D eigenvalue weighted by molar-refractivity contribution is 0.102. The predicted octanol–water partition coefficient (Wildman–Crippen LogP) is 5.24. The van der Waals surface area contributed by atoms with Crippen LogP contribution < -0.4 is 10.1 Å². The van der Waals surface area contributed by atoms with Gasteiger partial charge in [-0.2, -0.15) is 5.10 Å². The van der Waals surface area contributed by atoms with Crippen LogP contribution in [0.3, 0.4) is 0 Å². The first-order chi connectivity index (χ1) is 14.4. The summed E-state index contributed by atoms with van der Waals surface area (Å²) in [5.74, 6) is 0.197. The number of nitrogens with zero attached hydrogens (tertiary/aromatic N) is 3.